The van der Waals surface area contributed by atoms with Gasteiger partial charge in [0.2, 0.25) is 0 Å². The Morgan fingerprint density at radius 1 is 1.50 bits per heavy atom. The van der Waals surface area contributed by atoms with E-state index in [4.69, 9.17) is 10.8 Å². The maximum Gasteiger partial charge on any atom is 0.0558 e. The molecule has 0 aromatic carbocycles. The number of nitrogens with two attached hydrogens (primary N) is 1. The predicted molar refractivity (Wildman–Crippen MR) is 67.6 cm³/mol. The molecule has 0 saturated carbocycles. The lowest BCUT2D eigenvalue weighted by Gasteiger charge is -2.35. The SMILES string of the molecule is NC1CC(Cc2cccs2)CN(CCO)C1. The molecule has 2 rings (SSSR count). The number of β-amino-alcohol motifs (C(OH)–C–C–N with tert-alkyl or cyclic N) is 1. The quantitative estimate of drug-likeness (QED) is 0.823. The molecule has 2 heterocycles. The van der Waals surface area contributed by atoms with Crippen LogP contribution in [0.5, 0.6) is 0 Å². The second-order valence-electron chi connectivity index (χ2n) is 4.63. The highest BCUT2D eigenvalue weighted by Gasteiger charge is 2.24. The molecule has 0 aliphatic carbocycles. The summed E-state index contributed by atoms with van der Waals surface area (Å²) >= 11 is 1.82. The number of aliphatic hydroxyl groups is 1. The summed E-state index contributed by atoms with van der Waals surface area (Å²) in [6.07, 6.45) is 2.24. The van der Waals surface area contributed by atoms with E-state index in [-0.39, 0.29) is 12.6 Å². The third-order valence-electron chi connectivity index (χ3n) is 3.13. The van der Waals surface area contributed by atoms with Crippen molar-refractivity contribution in [2.24, 2.45) is 11.7 Å². The Hall–Kier alpha value is -0.420. The van der Waals surface area contributed by atoms with E-state index >= 15 is 0 Å². The maximum absolute atomic E-state index is 8.97. The van der Waals surface area contributed by atoms with Crippen LogP contribution in [0.2, 0.25) is 0 Å². The highest BCUT2D eigenvalue weighted by Crippen LogP contribution is 2.22. The Morgan fingerprint density at radius 3 is 3.06 bits per heavy atom. The molecule has 0 spiro atoms. The highest BCUT2D eigenvalue weighted by molar-refractivity contribution is 7.09. The standard InChI is InChI=1S/C12H20N2OS/c13-11-6-10(7-12-2-1-5-16-12)8-14(9-11)3-4-15/h1-2,5,10-11,15H,3-4,6-9,13H2. The number of nitrogens with zero attached hydrogens (tertiary/aromatic N) is 1. The van der Waals surface area contributed by atoms with Gasteiger partial charge in [-0.3, -0.25) is 4.90 Å². The molecule has 1 fully saturated rings. The van der Waals surface area contributed by atoms with Gasteiger partial charge >= 0.3 is 0 Å². The Kier molecular flexibility index (Phi) is 4.35. The van der Waals surface area contributed by atoms with Crippen LogP contribution in [-0.2, 0) is 6.42 Å². The molecule has 3 nitrogen and oxygen atoms in total. The molecule has 1 saturated heterocycles. The third kappa shape index (κ3) is 3.28. The van der Waals surface area contributed by atoms with Crippen LogP contribution in [0.4, 0.5) is 0 Å². The van der Waals surface area contributed by atoms with Crippen LogP contribution in [0.1, 0.15) is 11.3 Å². The molecule has 16 heavy (non-hydrogen) atoms. The summed E-state index contributed by atoms with van der Waals surface area (Å²) in [5.74, 6) is 0.647. The largest absolute Gasteiger partial charge is 0.395 e. The van der Waals surface area contributed by atoms with Crippen molar-refractivity contribution in [3.05, 3.63) is 22.4 Å². The van der Waals surface area contributed by atoms with E-state index in [1.165, 1.54) is 4.88 Å². The van der Waals surface area contributed by atoms with Crippen LogP contribution < -0.4 is 5.73 Å². The smallest absolute Gasteiger partial charge is 0.0558 e. The number of aliphatic hydroxyl groups excluding tert-OH is 1. The zero-order valence-electron chi connectivity index (χ0n) is 9.51. The first-order valence-corrected chi connectivity index (χ1v) is 6.77. The molecular formula is C12H20N2OS. The van der Waals surface area contributed by atoms with E-state index in [1.807, 2.05) is 11.3 Å². The summed E-state index contributed by atoms with van der Waals surface area (Å²) in [4.78, 5) is 3.73. The van der Waals surface area contributed by atoms with Crippen molar-refractivity contribution >= 4 is 11.3 Å². The fraction of sp³-hybridized carbons (Fsp3) is 0.667. The first-order valence-electron chi connectivity index (χ1n) is 5.89. The Labute approximate surface area is 101 Å². The van der Waals surface area contributed by atoms with Crippen molar-refractivity contribution in [2.75, 3.05) is 26.2 Å². The summed E-state index contributed by atoms with van der Waals surface area (Å²) in [7, 11) is 0. The molecule has 2 unspecified atom stereocenters. The Bertz CT molecular complexity index is 302. The maximum atomic E-state index is 8.97. The zero-order valence-corrected chi connectivity index (χ0v) is 10.3. The topological polar surface area (TPSA) is 49.5 Å². The lowest BCUT2D eigenvalue weighted by atomic mass is 9.91. The molecule has 0 bridgehead atoms. The number of rotatable bonds is 4. The lowest BCUT2D eigenvalue weighted by molar-refractivity contribution is 0.127. The van der Waals surface area contributed by atoms with Gasteiger partial charge in [0, 0.05) is 30.6 Å². The lowest BCUT2D eigenvalue weighted by Crippen LogP contribution is -2.48. The first kappa shape index (κ1) is 12.0. The molecule has 90 valence electrons. The van der Waals surface area contributed by atoms with Crippen molar-refractivity contribution in [1.82, 2.24) is 4.90 Å². The first-order chi connectivity index (χ1) is 7.78. The van der Waals surface area contributed by atoms with E-state index < -0.39 is 0 Å². The minimum absolute atomic E-state index is 0.235. The van der Waals surface area contributed by atoms with Crippen molar-refractivity contribution in [3.63, 3.8) is 0 Å². The molecule has 1 aromatic heterocycles. The minimum Gasteiger partial charge on any atom is -0.395 e. The fourth-order valence-corrected chi connectivity index (χ4v) is 3.35. The van der Waals surface area contributed by atoms with Crippen molar-refractivity contribution in [1.29, 1.82) is 0 Å². The normalized spacial score (nSPS) is 27.1. The van der Waals surface area contributed by atoms with Gasteiger partial charge in [-0.2, -0.15) is 0 Å². The Morgan fingerprint density at radius 2 is 2.38 bits per heavy atom. The van der Waals surface area contributed by atoms with Gasteiger partial charge in [-0.25, -0.2) is 0 Å². The molecule has 1 aliphatic heterocycles. The second-order valence-corrected chi connectivity index (χ2v) is 5.66. The van der Waals surface area contributed by atoms with Crippen LogP contribution >= 0.6 is 11.3 Å². The van der Waals surface area contributed by atoms with Gasteiger partial charge < -0.3 is 10.8 Å². The predicted octanol–water partition coefficient (Wildman–Crippen LogP) is 0.932. The van der Waals surface area contributed by atoms with Gasteiger partial charge in [0.05, 0.1) is 6.61 Å². The molecule has 1 aliphatic rings. The van der Waals surface area contributed by atoms with E-state index in [9.17, 15) is 0 Å². The molecule has 0 radical (unpaired) electrons. The number of likely N-dealkylation sites (tertiary alicyclic amines) is 1. The number of thiophene rings is 1. The van der Waals surface area contributed by atoms with Crippen molar-refractivity contribution in [2.45, 2.75) is 18.9 Å². The summed E-state index contributed by atoms with van der Waals surface area (Å²) in [5.41, 5.74) is 6.05. The van der Waals surface area contributed by atoms with E-state index in [0.29, 0.717) is 5.92 Å². The van der Waals surface area contributed by atoms with Crippen molar-refractivity contribution < 1.29 is 5.11 Å². The third-order valence-corrected chi connectivity index (χ3v) is 4.03. The Balaban J connectivity index is 1.89. The van der Waals surface area contributed by atoms with Crippen LogP contribution in [0.25, 0.3) is 0 Å². The fourth-order valence-electron chi connectivity index (χ4n) is 2.53. The summed E-state index contributed by atoms with van der Waals surface area (Å²) in [6.45, 7) is 3.00. The van der Waals surface area contributed by atoms with E-state index in [2.05, 4.69) is 22.4 Å². The molecule has 2 atom stereocenters. The van der Waals surface area contributed by atoms with Gasteiger partial charge in [-0.05, 0) is 30.2 Å². The molecule has 4 heteroatoms. The highest BCUT2D eigenvalue weighted by atomic mass is 32.1. The van der Waals surface area contributed by atoms with Gasteiger partial charge in [-0.15, -0.1) is 11.3 Å². The van der Waals surface area contributed by atoms with Crippen LogP contribution in [-0.4, -0.2) is 42.3 Å². The van der Waals surface area contributed by atoms with Gasteiger partial charge in [-0.1, -0.05) is 6.07 Å². The van der Waals surface area contributed by atoms with Crippen molar-refractivity contribution in [3.8, 4) is 0 Å². The van der Waals surface area contributed by atoms with Crippen LogP contribution in [0.3, 0.4) is 0 Å². The van der Waals surface area contributed by atoms with E-state index in [0.717, 1.165) is 32.5 Å². The van der Waals surface area contributed by atoms with Crippen LogP contribution in [0, 0.1) is 5.92 Å². The van der Waals surface area contributed by atoms with E-state index in [1.54, 1.807) is 0 Å². The summed E-state index contributed by atoms with van der Waals surface area (Å²) in [6, 6.07) is 4.57. The minimum atomic E-state index is 0.235. The molecule has 0 amide bonds. The zero-order chi connectivity index (χ0) is 11.4. The van der Waals surface area contributed by atoms with Gasteiger partial charge in [0.15, 0.2) is 0 Å². The molecular weight excluding hydrogens is 220 g/mol. The summed E-state index contributed by atoms with van der Waals surface area (Å²) in [5, 5.41) is 11.1. The summed E-state index contributed by atoms with van der Waals surface area (Å²) < 4.78 is 0. The van der Waals surface area contributed by atoms with Crippen LogP contribution in [0.15, 0.2) is 17.5 Å². The monoisotopic (exact) mass is 240 g/mol. The number of piperidine rings is 1. The van der Waals surface area contributed by atoms with Gasteiger partial charge in [0.25, 0.3) is 0 Å². The van der Waals surface area contributed by atoms with Gasteiger partial charge in [0.1, 0.15) is 0 Å². The molecule has 1 aromatic rings. The average Bonchev–Trinajstić information content (AvgIpc) is 2.70. The average molecular weight is 240 g/mol. The number of hydrogen-bond donors (Lipinski definition) is 2. The number of hydrogen-bond acceptors (Lipinski definition) is 4. The second kappa shape index (κ2) is 5.77. The molecule has 3 N–H and O–H groups in total.